The fourth-order valence-corrected chi connectivity index (χ4v) is 7.64. The van der Waals surface area contributed by atoms with Gasteiger partial charge in [-0.2, -0.15) is 0 Å². The van der Waals surface area contributed by atoms with Crippen molar-refractivity contribution in [2.75, 3.05) is 0 Å². The van der Waals surface area contributed by atoms with Crippen molar-refractivity contribution in [1.29, 1.82) is 0 Å². The Kier molecular flexibility index (Phi) is 4.41. The lowest BCUT2D eigenvalue weighted by atomic mass is 10.3. The van der Waals surface area contributed by atoms with E-state index < -0.39 is 7.26 Å². The second-order valence-electron chi connectivity index (χ2n) is 5.88. The number of nitrogens with zero attached hydrogens (tertiary/aromatic N) is 1. The first-order chi connectivity index (χ1) is 12.4. The van der Waals surface area contributed by atoms with Crippen LogP contribution in [0.2, 0.25) is 0 Å². The Labute approximate surface area is 149 Å². The second kappa shape index (κ2) is 7.01. The summed E-state index contributed by atoms with van der Waals surface area (Å²) in [5.41, 5.74) is 0. The molecule has 0 aliphatic heterocycles. The summed E-state index contributed by atoms with van der Waals surface area (Å²) in [5.74, 6) is 0. The first kappa shape index (κ1) is 15.7. The lowest BCUT2D eigenvalue weighted by Crippen LogP contribution is -2.38. The molecule has 0 saturated heterocycles. The maximum absolute atomic E-state index is 4.26. The number of aromatic nitrogens is 1. The van der Waals surface area contributed by atoms with E-state index >= 15 is 0 Å². The fourth-order valence-electron chi connectivity index (χ4n) is 3.42. The van der Waals surface area contributed by atoms with E-state index in [1.54, 1.807) is 0 Å². The van der Waals surface area contributed by atoms with Crippen LogP contribution in [0.3, 0.4) is 0 Å². The molecule has 1 aromatic heterocycles. The molecule has 0 radical (unpaired) electrons. The molecule has 0 saturated carbocycles. The smallest absolute Gasteiger partial charge is 0.144 e. The van der Waals surface area contributed by atoms with E-state index in [-0.39, 0.29) is 0 Å². The van der Waals surface area contributed by atoms with Gasteiger partial charge in [-0.05, 0) is 48.5 Å². The van der Waals surface area contributed by atoms with E-state index in [4.69, 9.17) is 0 Å². The predicted octanol–water partition coefficient (Wildman–Crippen LogP) is 3.70. The molecule has 0 spiro atoms. The molecule has 1 heterocycles. The van der Waals surface area contributed by atoms with Gasteiger partial charge < -0.3 is 0 Å². The minimum absolute atomic E-state index is 1.33. The topological polar surface area (TPSA) is 12.9 Å². The van der Waals surface area contributed by atoms with Crippen molar-refractivity contribution in [2.24, 2.45) is 0 Å². The summed E-state index contributed by atoms with van der Waals surface area (Å²) in [6, 6.07) is 37.0. The van der Waals surface area contributed by atoms with Gasteiger partial charge in [0.1, 0.15) is 28.5 Å². The van der Waals surface area contributed by atoms with Crippen molar-refractivity contribution in [1.82, 2.24) is 4.98 Å². The van der Waals surface area contributed by atoms with Crippen molar-refractivity contribution >= 4 is 28.5 Å². The molecule has 0 amide bonds. The molecule has 0 N–H and O–H groups in total. The summed E-state index contributed by atoms with van der Waals surface area (Å²) < 4.78 is 0. The molecule has 120 valence electrons. The highest BCUT2D eigenvalue weighted by molar-refractivity contribution is 8.01. The van der Waals surface area contributed by atoms with E-state index in [0.29, 0.717) is 0 Å². The molecule has 0 atom stereocenters. The molecule has 25 heavy (non-hydrogen) atoms. The summed E-state index contributed by atoms with van der Waals surface area (Å²) >= 11 is 0. The molecule has 0 aliphatic rings. The first-order valence-electron chi connectivity index (χ1n) is 8.39. The summed E-state index contributed by atoms with van der Waals surface area (Å²) in [6.45, 7) is 0. The molecule has 1 nitrogen and oxygen atoms in total. The van der Waals surface area contributed by atoms with Crippen molar-refractivity contribution in [3.05, 3.63) is 116 Å². The van der Waals surface area contributed by atoms with Gasteiger partial charge in [-0.3, -0.25) is 4.98 Å². The lowest BCUT2D eigenvalue weighted by molar-refractivity contribution is 1.34. The monoisotopic (exact) mass is 340 g/mol. The minimum Gasteiger partial charge on any atom is -0.264 e. The van der Waals surface area contributed by atoms with Crippen LogP contribution in [-0.2, 0) is 0 Å². The zero-order chi connectivity index (χ0) is 17.0. The molecule has 0 fully saturated rings. The van der Waals surface area contributed by atoms with Crippen molar-refractivity contribution < 1.29 is 0 Å². The van der Waals surface area contributed by atoms with Crippen LogP contribution in [0.5, 0.6) is 0 Å². The van der Waals surface area contributed by atoms with Gasteiger partial charge in [0.25, 0.3) is 0 Å². The SMILES string of the molecule is c1ccc([P+](c2ccccc2)(c2ccccc2)c2ccncc2)cc1. The number of benzene rings is 3. The molecule has 4 aromatic rings. The molecule has 3 aromatic carbocycles. The fraction of sp³-hybridized carbons (Fsp3) is 0. The Hall–Kier alpha value is -2.76. The second-order valence-corrected chi connectivity index (χ2v) is 9.29. The molecule has 0 aliphatic carbocycles. The Bertz CT molecular complexity index is 759. The van der Waals surface area contributed by atoms with Crippen molar-refractivity contribution in [3.63, 3.8) is 0 Å². The van der Waals surface area contributed by atoms with Gasteiger partial charge >= 0.3 is 0 Å². The molecule has 2 heteroatoms. The van der Waals surface area contributed by atoms with E-state index in [9.17, 15) is 0 Å². The quantitative estimate of drug-likeness (QED) is 0.516. The maximum atomic E-state index is 4.26. The summed E-state index contributed by atoms with van der Waals surface area (Å²) in [4.78, 5) is 4.26. The van der Waals surface area contributed by atoms with Crippen LogP contribution in [-0.4, -0.2) is 4.98 Å². The molecular weight excluding hydrogens is 321 g/mol. The number of hydrogen-bond donors (Lipinski definition) is 0. The number of hydrogen-bond acceptors (Lipinski definition) is 1. The zero-order valence-electron chi connectivity index (χ0n) is 13.9. The average Bonchev–Trinajstić information content (AvgIpc) is 2.72. The zero-order valence-corrected chi connectivity index (χ0v) is 14.8. The van der Waals surface area contributed by atoms with E-state index in [2.05, 4.69) is 108 Å². The third kappa shape index (κ3) is 2.77. The summed E-state index contributed by atoms with van der Waals surface area (Å²) in [5, 5.41) is 5.40. The van der Waals surface area contributed by atoms with Gasteiger partial charge in [-0.1, -0.05) is 54.6 Å². The van der Waals surface area contributed by atoms with Crippen LogP contribution in [0.25, 0.3) is 0 Å². The predicted molar refractivity (Wildman–Crippen MR) is 109 cm³/mol. The minimum atomic E-state index is -1.95. The largest absolute Gasteiger partial charge is 0.264 e. The maximum Gasteiger partial charge on any atom is 0.144 e. The Balaban J connectivity index is 2.13. The normalized spacial score (nSPS) is 11.2. The lowest BCUT2D eigenvalue weighted by Gasteiger charge is -2.27. The first-order valence-corrected chi connectivity index (χ1v) is 10.2. The van der Waals surface area contributed by atoms with Gasteiger partial charge in [-0.25, -0.2) is 0 Å². The van der Waals surface area contributed by atoms with Crippen molar-refractivity contribution in [3.8, 4) is 0 Å². The third-order valence-electron chi connectivity index (χ3n) is 4.48. The standard InChI is InChI=1S/C23H19NP/c1-4-10-20(11-5-1)25(21-12-6-2-7-13-21,22-14-8-3-9-15-22)23-16-18-24-19-17-23/h1-19H/q+1. The third-order valence-corrected chi connectivity index (χ3v) is 8.77. The van der Waals surface area contributed by atoms with Gasteiger partial charge in [0.2, 0.25) is 0 Å². The van der Waals surface area contributed by atoms with E-state index in [0.717, 1.165) is 0 Å². The van der Waals surface area contributed by atoms with Crippen LogP contribution < -0.4 is 21.2 Å². The summed E-state index contributed by atoms with van der Waals surface area (Å²) in [6.07, 6.45) is 3.80. The van der Waals surface area contributed by atoms with Crippen molar-refractivity contribution in [2.45, 2.75) is 0 Å². The molecule has 0 bridgehead atoms. The van der Waals surface area contributed by atoms with Crippen LogP contribution in [0.15, 0.2) is 116 Å². The Morgan fingerprint density at radius 2 is 0.720 bits per heavy atom. The highest BCUT2D eigenvalue weighted by atomic mass is 31.2. The Morgan fingerprint density at radius 3 is 1.08 bits per heavy atom. The van der Waals surface area contributed by atoms with Gasteiger partial charge in [0, 0.05) is 12.4 Å². The number of rotatable bonds is 4. The van der Waals surface area contributed by atoms with Crippen LogP contribution in [0, 0.1) is 0 Å². The average molecular weight is 340 g/mol. The highest BCUT2D eigenvalue weighted by Crippen LogP contribution is 2.53. The van der Waals surface area contributed by atoms with E-state index in [1.807, 2.05) is 12.4 Å². The molecular formula is C23H19NP+. The summed E-state index contributed by atoms with van der Waals surface area (Å²) in [7, 11) is -1.95. The van der Waals surface area contributed by atoms with Gasteiger partial charge in [-0.15, -0.1) is 0 Å². The molecule has 4 rings (SSSR count). The highest BCUT2D eigenvalue weighted by Gasteiger charge is 2.47. The van der Waals surface area contributed by atoms with E-state index in [1.165, 1.54) is 21.2 Å². The van der Waals surface area contributed by atoms with Gasteiger partial charge in [0.15, 0.2) is 0 Å². The number of pyridine rings is 1. The van der Waals surface area contributed by atoms with Crippen LogP contribution >= 0.6 is 7.26 Å². The van der Waals surface area contributed by atoms with Crippen LogP contribution in [0.4, 0.5) is 0 Å². The van der Waals surface area contributed by atoms with Gasteiger partial charge in [0.05, 0.1) is 0 Å². The van der Waals surface area contributed by atoms with Crippen LogP contribution in [0.1, 0.15) is 0 Å². The molecule has 0 unspecified atom stereocenters. The Morgan fingerprint density at radius 1 is 0.400 bits per heavy atom.